The molecule has 1 atom stereocenters. The molecule has 8 heteroatoms. The molecule has 4 rings (SSSR count). The van der Waals surface area contributed by atoms with E-state index < -0.39 is 12.2 Å². The zero-order valence-corrected chi connectivity index (χ0v) is 15.6. The van der Waals surface area contributed by atoms with Gasteiger partial charge in [-0.3, -0.25) is 4.79 Å². The van der Waals surface area contributed by atoms with Crippen LogP contribution in [0.1, 0.15) is 19.4 Å². The number of hydrazine groups is 1. The van der Waals surface area contributed by atoms with Gasteiger partial charge in [0.25, 0.3) is 0 Å². The van der Waals surface area contributed by atoms with E-state index in [-0.39, 0.29) is 11.4 Å². The third-order valence-corrected chi connectivity index (χ3v) is 4.33. The Labute approximate surface area is 159 Å². The number of aromatic amines is 1. The highest BCUT2D eigenvalue weighted by atomic mass is 19.4. The highest BCUT2D eigenvalue weighted by Gasteiger charge is 2.45. The molecule has 1 aromatic heterocycles. The van der Waals surface area contributed by atoms with Crippen LogP contribution in [0.2, 0.25) is 0 Å². The molecule has 0 saturated carbocycles. The predicted molar refractivity (Wildman–Crippen MR) is 102 cm³/mol. The molecule has 2 N–H and O–H groups in total. The second-order valence-electron chi connectivity index (χ2n) is 5.92. The molecule has 1 unspecified atom stereocenters. The van der Waals surface area contributed by atoms with Gasteiger partial charge in [-0.25, -0.2) is 10.4 Å². The molecule has 5 nitrogen and oxygen atoms in total. The van der Waals surface area contributed by atoms with Crippen LogP contribution in [0.15, 0.2) is 64.9 Å². The number of hydrogen-bond donors (Lipinski definition) is 2. The molecule has 1 aromatic carbocycles. The first-order chi connectivity index (χ1) is 13.4. The Morgan fingerprint density at radius 1 is 1.14 bits per heavy atom. The number of H-pyrrole nitrogens is 1. The molecule has 2 aromatic rings. The lowest BCUT2D eigenvalue weighted by Crippen LogP contribution is -2.44. The molecule has 0 fully saturated rings. The van der Waals surface area contributed by atoms with E-state index in [2.05, 4.69) is 10.4 Å². The number of halogens is 3. The normalized spacial score (nSPS) is 18.6. The average Bonchev–Trinajstić information content (AvgIpc) is 3.14. The number of methoxy groups -OCH3 is 1. The fourth-order valence-electron chi connectivity index (χ4n) is 3.17. The van der Waals surface area contributed by atoms with Gasteiger partial charge in [-0.05, 0) is 23.8 Å². The third kappa shape index (κ3) is 3.43. The van der Waals surface area contributed by atoms with Gasteiger partial charge in [0, 0.05) is 28.6 Å². The molecule has 148 valence electrons. The van der Waals surface area contributed by atoms with Crippen molar-refractivity contribution in [1.82, 2.24) is 15.4 Å². The summed E-state index contributed by atoms with van der Waals surface area (Å²) in [4.78, 5) is 14.8. The van der Waals surface area contributed by atoms with Crippen LogP contribution < -0.4 is 11.0 Å². The van der Waals surface area contributed by atoms with Crippen LogP contribution in [0.4, 0.5) is 13.2 Å². The summed E-state index contributed by atoms with van der Waals surface area (Å²) in [6.07, 6.45) is -0.143. The van der Waals surface area contributed by atoms with E-state index in [4.69, 9.17) is 4.74 Å². The number of hydrogen-bond acceptors (Lipinski definition) is 4. The molecule has 0 saturated heterocycles. The molecule has 0 bridgehead atoms. The maximum absolute atomic E-state index is 13.2. The van der Waals surface area contributed by atoms with Gasteiger partial charge in [0.2, 0.25) is 11.4 Å². The van der Waals surface area contributed by atoms with Crippen LogP contribution >= 0.6 is 0 Å². The summed E-state index contributed by atoms with van der Waals surface area (Å²) in [5.41, 5.74) is 4.03. The Balaban J connectivity index is 0.00000109. The Bertz CT molecular complexity index is 1030. The van der Waals surface area contributed by atoms with Crippen molar-refractivity contribution in [2.24, 2.45) is 0 Å². The number of alkyl halides is 3. The zero-order valence-electron chi connectivity index (χ0n) is 15.6. The minimum absolute atomic E-state index is 0.237. The molecule has 0 aliphatic carbocycles. The van der Waals surface area contributed by atoms with Crippen molar-refractivity contribution in [3.05, 3.63) is 76.1 Å². The van der Waals surface area contributed by atoms with Gasteiger partial charge in [-0.1, -0.05) is 32.0 Å². The lowest BCUT2D eigenvalue weighted by Gasteiger charge is -2.29. The monoisotopic (exact) mass is 391 g/mol. The van der Waals surface area contributed by atoms with Gasteiger partial charge in [-0.2, -0.15) is 13.2 Å². The Hall–Kier alpha value is -3.00. The number of ether oxygens (including phenoxy) is 1. The Morgan fingerprint density at radius 3 is 2.54 bits per heavy atom. The summed E-state index contributed by atoms with van der Waals surface area (Å²) in [7, 11) is 1.38. The number of rotatable bonds is 2. The summed E-state index contributed by atoms with van der Waals surface area (Å²) < 4.78 is 44.8. The molecular formula is C20H20F3N3O2. The molecule has 0 radical (unpaired) electrons. The van der Waals surface area contributed by atoms with Gasteiger partial charge in [0.05, 0.1) is 12.8 Å². The summed E-state index contributed by atoms with van der Waals surface area (Å²) in [6, 6.07) is 6.69. The highest BCUT2D eigenvalue weighted by molar-refractivity contribution is 5.96. The van der Waals surface area contributed by atoms with Crippen LogP contribution in [0.3, 0.4) is 0 Å². The topological polar surface area (TPSA) is 57.4 Å². The van der Waals surface area contributed by atoms with E-state index in [9.17, 15) is 18.0 Å². The molecule has 0 spiro atoms. The molecule has 3 heterocycles. The quantitative estimate of drug-likeness (QED) is 0.810. The molecule has 2 aliphatic rings. The van der Waals surface area contributed by atoms with Crippen LogP contribution in [0.25, 0.3) is 16.5 Å². The van der Waals surface area contributed by atoms with Crippen molar-refractivity contribution in [3.63, 3.8) is 0 Å². The zero-order chi connectivity index (χ0) is 20.5. The lowest BCUT2D eigenvalue weighted by molar-refractivity contribution is -0.149. The number of para-hydroxylation sites is 1. The van der Waals surface area contributed by atoms with E-state index >= 15 is 0 Å². The van der Waals surface area contributed by atoms with E-state index in [1.807, 2.05) is 26.0 Å². The van der Waals surface area contributed by atoms with Crippen LogP contribution in [0, 0.1) is 0 Å². The molecule has 2 aliphatic heterocycles. The number of benzene rings is 1. The molecule has 28 heavy (non-hydrogen) atoms. The second-order valence-corrected chi connectivity index (χ2v) is 5.92. The first-order valence-electron chi connectivity index (χ1n) is 8.82. The standard InChI is InChI=1S/C18H14F3N3O2.C2H6/c1-26-17-7-6-11(14-9-15(18(19,20)21)23-24(14)17)12-8-16(25)22-13-5-3-2-4-10(12)13;1-2/h2-9,15,23H,1H3,(H,22,25);1-2H3. The number of pyridine rings is 1. The summed E-state index contributed by atoms with van der Waals surface area (Å²) in [5, 5.41) is 1.99. The lowest BCUT2D eigenvalue weighted by atomic mass is 9.96. The fraction of sp³-hybridized carbons (Fsp3) is 0.250. The predicted octanol–water partition coefficient (Wildman–Crippen LogP) is 4.07. The average molecular weight is 391 g/mol. The first kappa shape index (κ1) is 19.8. The van der Waals surface area contributed by atoms with Crippen molar-refractivity contribution in [1.29, 1.82) is 0 Å². The largest absolute Gasteiger partial charge is 0.481 e. The summed E-state index contributed by atoms with van der Waals surface area (Å²) >= 11 is 0. The van der Waals surface area contributed by atoms with E-state index in [1.54, 1.807) is 24.3 Å². The van der Waals surface area contributed by atoms with Crippen LogP contribution in [-0.4, -0.2) is 29.3 Å². The maximum Gasteiger partial charge on any atom is 0.409 e. The minimum Gasteiger partial charge on any atom is -0.481 e. The van der Waals surface area contributed by atoms with E-state index in [1.165, 1.54) is 18.2 Å². The molecular weight excluding hydrogens is 371 g/mol. The second kappa shape index (κ2) is 7.55. The van der Waals surface area contributed by atoms with Crippen molar-refractivity contribution < 1.29 is 17.9 Å². The number of nitrogens with zero attached hydrogens (tertiary/aromatic N) is 1. The van der Waals surface area contributed by atoms with Crippen molar-refractivity contribution in [2.75, 3.05) is 7.11 Å². The molecule has 0 amide bonds. The Morgan fingerprint density at radius 2 is 1.86 bits per heavy atom. The van der Waals surface area contributed by atoms with Gasteiger partial charge in [-0.15, -0.1) is 0 Å². The first-order valence-corrected chi connectivity index (χ1v) is 8.82. The smallest absolute Gasteiger partial charge is 0.409 e. The number of fused-ring (bicyclic) bond motifs is 2. The summed E-state index contributed by atoms with van der Waals surface area (Å²) in [5.74, 6) is 0.237. The number of aromatic nitrogens is 1. The number of nitrogens with one attached hydrogen (secondary N) is 2. The SMILES string of the molecule is CC.COC1=CC=C(c2cc(=O)[nH]c3ccccc23)C2=CC(C(F)(F)F)NN12. The van der Waals surface area contributed by atoms with Crippen molar-refractivity contribution in [3.8, 4) is 0 Å². The van der Waals surface area contributed by atoms with E-state index in [0.717, 1.165) is 11.5 Å². The van der Waals surface area contributed by atoms with Crippen molar-refractivity contribution in [2.45, 2.75) is 26.1 Å². The fourth-order valence-corrected chi connectivity index (χ4v) is 3.17. The number of allylic oxidation sites excluding steroid dienone is 3. The van der Waals surface area contributed by atoms with Gasteiger partial charge < -0.3 is 9.72 Å². The van der Waals surface area contributed by atoms with Gasteiger partial charge >= 0.3 is 6.18 Å². The minimum atomic E-state index is -4.45. The maximum atomic E-state index is 13.2. The van der Waals surface area contributed by atoms with Crippen LogP contribution in [0.5, 0.6) is 0 Å². The third-order valence-electron chi connectivity index (χ3n) is 4.33. The Kier molecular flexibility index (Phi) is 5.33. The van der Waals surface area contributed by atoms with Crippen molar-refractivity contribution >= 4 is 16.5 Å². The van der Waals surface area contributed by atoms with E-state index in [0.29, 0.717) is 22.4 Å². The van der Waals surface area contributed by atoms with Gasteiger partial charge in [0.1, 0.15) is 6.04 Å². The summed E-state index contributed by atoms with van der Waals surface area (Å²) in [6.45, 7) is 4.00. The highest BCUT2D eigenvalue weighted by Crippen LogP contribution is 2.39. The van der Waals surface area contributed by atoms with Gasteiger partial charge in [0.15, 0.2) is 0 Å². The van der Waals surface area contributed by atoms with Crippen LogP contribution in [-0.2, 0) is 4.74 Å².